The SMILES string of the molecule is CN(C)CCCO[C@H]1[C@H]([C@H](O)CO)O[C@@H]2OC(C)(C)O[C@@H]21. The lowest BCUT2D eigenvalue weighted by atomic mass is 10.1. The van der Waals surface area contributed by atoms with Crippen LogP contribution >= 0.6 is 0 Å². The molecule has 0 aromatic rings. The van der Waals surface area contributed by atoms with Crippen molar-refractivity contribution in [1.29, 1.82) is 0 Å². The zero-order chi connectivity index (χ0) is 15.6. The van der Waals surface area contributed by atoms with E-state index in [0.717, 1.165) is 13.0 Å². The van der Waals surface area contributed by atoms with E-state index in [2.05, 4.69) is 4.90 Å². The van der Waals surface area contributed by atoms with Crippen molar-refractivity contribution in [2.45, 2.75) is 56.8 Å². The van der Waals surface area contributed by atoms with Gasteiger partial charge in [0.05, 0.1) is 6.61 Å². The lowest BCUT2D eigenvalue weighted by Crippen LogP contribution is -2.44. The highest BCUT2D eigenvalue weighted by Gasteiger charge is 2.56. The molecule has 7 nitrogen and oxygen atoms in total. The smallest absolute Gasteiger partial charge is 0.190 e. The first-order valence-corrected chi connectivity index (χ1v) is 7.40. The van der Waals surface area contributed by atoms with Gasteiger partial charge in [-0.3, -0.25) is 0 Å². The van der Waals surface area contributed by atoms with E-state index >= 15 is 0 Å². The Balaban J connectivity index is 1.94. The molecular formula is C14H27NO6. The molecule has 124 valence electrons. The normalized spacial score (nSPS) is 36.1. The Bertz CT molecular complexity index is 337. The molecule has 21 heavy (non-hydrogen) atoms. The first-order valence-electron chi connectivity index (χ1n) is 7.40. The van der Waals surface area contributed by atoms with Gasteiger partial charge in [0, 0.05) is 6.61 Å². The summed E-state index contributed by atoms with van der Waals surface area (Å²) in [6, 6.07) is 0. The van der Waals surface area contributed by atoms with Crippen LogP contribution in [0.5, 0.6) is 0 Å². The fraction of sp³-hybridized carbons (Fsp3) is 1.00. The largest absolute Gasteiger partial charge is 0.394 e. The van der Waals surface area contributed by atoms with Crippen LogP contribution in [0.1, 0.15) is 20.3 Å². The molecule has 0 amide bonds. The fourth-order valence-corrected chi connectivity index (χ4v) is 2.71. The molecule has 2 heterocycles. The number of fused-ring (bicyclic) bond motifs is 1. The lowest BCUT2D eigenvalue weighted by molar-refractivity contribution is -0.231. The number of nitrogens with zero attached hydrogens (tertiary/aromatic N) is 1. The summed E-state index contributed by atoms with van der Waals surface area (Å²) in [4.78, 5) is 2.08. The molecule has 2 aliphatic heterocycles. The van der Waals surface area contributed by atoms with E-state index in [4.69, 9.17) is 24.1 Å². The minimum atomic E-state index is -1.01. The summed E-state index contributed by atoms with van der Waals surface area (Å²) >= 11 is 0. The van der Waals surface area contributed by atoms with Crippen molar-refractivity contribution in [1.82, 2.24) is 4.90 Å². The molecule has 2 saturated heterocycles. The Hall–Kier alpha value is -0.280. The van der Waals surface area contributed by atoms with Crippen molar-refractivity contribution in [2.75, 3.05) is 33.9 Å². The van der Waals surface area contributed by atoms with Crippen molar-refractivity contribution in [3.05, 3.63) is 0 Å². The Morgan fingerprint density at radius 3 is 2.62 bits per heavy atom. The summed E-state index contributed by atoms with van der Waals surface area (Å²) in [5.74, 6) is -0.726. The van der Waals surface area contributed by atoms with E-state index < -0.39 is 30.4 Å². The summed E-state index contributed by atoms with van der Waals surface area (Å²) < 4.78 is 23.0. The van der Waals surface area contributed by atoms with Crippen LogP contribution in [-0.4, -0.2) is 85.5 Å². The van der Waals surface area contributed by atoms with Crippen molar-refractivity contribution >= 4 is 0 Å². The van der Waals surface area contributed by atoms with Gasteiger partial charge in [0.25, 0.3) is 0 Å². The zero-order valence-corrected chi connectivity index (χ0v) is 13.2. The Labute approximate surface area is 125 Å². The molecule has 0 bridgehead atoms. The van der Waals surface area contributed by atoms with Gasteiger partial charge in [-0.15, -0.1) is 0 Å². The molecule has 0 radical (unpaired) electrons. The average Bonchev–Trinajstić information content (AvgIpc) is 2.86. The molecule has 2 rings (SSSR count). The van der Waals surface area contributed by atoms with E-state index in [-0.39, 0.29) is 12.7 Å². The molecule has 0 unspecified atom stereocenters. The van der Waals surface area contributed by atoms with Crippen LogP contribution in [-0.2, 0) is 18.9 Å². The number of ether oxygens (including phenoxy) is 4. The maximum atomic E-state index is 9.88. The van der Waals surface area contributed by atoms with Crippen LogP contribution in [0.3, 0.4) is 0 Å². The average molecular weight is 305 g/mol. The summed E-state index contributed by atoms with van der Waals surface area (Å²) in [6.45, 7) is 4.70. The predicted molar refractivity (Wildman–Crippen MR) is 74.7 cm³/mol. The Morgan fingerprint density at radius 2 is 2.00 bits per heavy atom. The molecule has 7 heteroatoms. The summed E-state index contributed by atoms with van der Waals surface area (Å²) in [7, 11) is 4.01. The highest BCUT2D eigenvalue weighted by Crippen LogP contribution is 2.39. The third-order valence-electron chi connectivity index (χ3n) is 3.65. The van der Waals surface area contributed by atoms with Crippen LogP contribution in [0.4, 0.5) is 0 Å². The van der Waals surface area contributed by atoms with Crippen molar-refractivity contribution in [3.8, 4) is 0 Å². The zero-order valence-electron chi connectivity index (χ0n) is 13.2. The van der Waals surface area contributed by atoms with Crippen LogP contribution < -0.4 is 0 Å². The second kappa shape index (κ2) is 6.87. The highest BCUT2D eigenvalue weighted by molar-refractivity contribution is 4.96. The second-order valence-corrected chi connectivity index (χ2v) is 6.31. The molecular weight excluding hydrogens is 278 g/mol. The van der Waals surface area contributed by atoms with E-state index in [0.29, 0.717) is 6.61 Å². The van der Waals surface area contributed by atoms with E-state index in [1.807, 2.05) is 27.9 Å². The topological polar surface area (TPSA) is 80.6 Å². The van der Waals surface area contributed by atoms with Gasteiger partial charge >= 0.3 is 0 Å². The second-order valence-electron chi connectivity index (χ2n) is 6.31. The van der Waals surface area contributed by atoms with Gasteiger partial charge in [0.15, 0.2) is 12.1 Å². The number of aliphatic hydroxyl groups is 2. The predicted octanol–water partition coefficient (Wildman–Crippen LogP) is -0.447. The van der Waals surface area contributed by atoms with E-state index in [9.17, 15) is 5.11 Å². The Morgan fingerprint density at radius 1 is 1.29 bits per heavy atom. The molecule has 2 aliphatic rings. The quantitative estimate of drug-likeness (QED) is 0.617. The van der Waals surface area contributed by atoms with Gasteiger partial charge in [0.2, 0.25) is 0 Å². The van der Waals surface area contributed by atoms with Gasteiger partial charge in [-0.1, -0.05) is 0 Å². The Kier molecular flexibility index (Phi) is 5.59. The minimum absolute atomic E-state index is 0.384. The van der Waals surface area contributed by atoms with Gasteiger partial charge in [-0.2, -0.15) is 0 Å². The standard InChI is InChI=1S/C14H27NO6/c1-14(2)20-12-11(18-7-5-6-15(3)4)10(9(17)8-16)19-13(12)21-14/h9-13,16-17H,5-8H2,1-4H3/t9-,10+,11+,12-,13-/m1/s1. The summed E-state index contributed by atoms with van der Waals surface area (Å²) in [5, 5.41) is 19.0. The van der Waals surface area contributed by atoms with Gasteiger partial charge < -0.3 is 34.1 Å². The van der Waals surface area contributed by atoms with Gasteiger partial charge in [-0.05, 0) is 40.9 Å². The molecule has 0 aromatic heterocycles. The fourth-order valence-electron chi connectivity index (χ4n) is 2.71. The number of rotatable bonds is 7. The first-order chi connectivity index (χ1) is 9.84. The van der Waals surface area contributed by atoms with Crippen LogP contribution in [0.25, 0.3) is 0 Å². The molecule has 0 aromatic carbocycles. The maximum absolute atomic E-state index is 9.88. The third-order valence-corrected chi connectivity index (χ3v) is 3.65. The first kappa shape index (κ1) is 17.1. The highest BCUT2D eigenvalue weighted by atomic mass is 16.8. The molecule has 0 aliphatic carbocycles. The molecule has 0 saturated carbocycles. The minimum Gasteiger partial charge on any atom is -0.394 e. The van der Waals surface area contributed by atoms with Gasteiger partial charge in [0.1, 0.15) is 24.4 Å². The number of hydrogen-bond donors (Lipinski definition) is 2. The molecule has 0 spiro atoms. The maximum Gasteiger partial charge on any atom is 0.190 e. The van der Waals surface area contributed by atoms with Crippen LogP contribution in [0.2, 0.25) is 0 Å². The third kappa shape index (κ3) is 4.13. The van der Waals surface area contributed by atoms with Crippen molar-refractivity contribution in [3.63, 3.8) is 0 Å². The van der Waals surface area contributed by atoms with Crippen LogP contribution in [0, 0.1) is 0 Å². The molecule has 5 atom stereocenters. The number of hydrogen-bond acceptors (Lipinski definition) is 7. The summed E-state index contributed by atoms with van der Waals surface area (Å²) in [6.07, 6.45) is -2.17. The lowest BCUT2D eigenvalue weighted by Gasteiger charge is -2.28. The molecule has 2 N–H and O–H groups in total. The number of aliphatic hydroxyl groups excluding tert-OH is 2. The van der Waals surface area contributed by atoms with Crippen LogP contribution in [0.15, 0.2) is 0 Å². The van der Waals surface area contributed by atoms with Crippen molar-refractivity contribution in [2.24, 2.45) is 0 Å². The molecule has 2 fully saturated rings. The van der Waals surface area contributed by atoms with E-state index in [1.165, 1.54) is 0 Å². The van der Waals surface area contributed by atoms with Gasteiger partial charge in [-0.25, -0.2) is 0 Å². The summed E-state index contributed by atoms with van der Waals surface area (Å²) in [5.41, 5.74) is 0. The monoisotopic (exact) mass is 305 g/mol. The van der Waals surface area contributed by atoms with Crippen molar-refractivity contribution < 1.29 is 29.2 Å². The van der Waals surface area contributed by atoms with E-state index in [1.54, 1.807) is 0 Å².